The molecule has 4 atom stereocenters. The zero-order valence-corrected chi connectivity index (χ0v) is 11.9. The number of rotatable bonds is 4. The van der Waals surface area contributed by atoms with Crippen molar-refractivity contribution in [1.29, 1.82) is 0 Å². The third-order valence-corrected chi connectivity index (χ3v) is 4.62. The molecule has 0 aliphatic carbocycles. The summed E-state index contributed by atoms with van der Waals surface area (Å²) in [5.41, 5.74) is 7.07. The minimum absolute atomic E-state index is 0.330. The van der Waals surface area contributed by atoms with Gasteiger partial charge in [0, 0.05) is 12.0 Å². The molecule has 2 fully saturated rings. The molecule has 3 nitrogen and oxygen atoms in total. The van der Waals surface area contributed by atoms with Gasteiger partial charge >= 0.3 is 0 Å². The molecular formula is C16H24N2O. The highest BCUT2D eigenvalue weighted by Gasteiger charge is 2.43. The Labute approximate surface area is 115 Å². The fourth-order valence-electron chi connectivity index (χ4n) is 3.88. The van der Waals surface area contributed by atoms with Gasteiger partial charge in [0.2, 0.25) is 0 Å². The van der Waals surface area contributed by atoms with Crippen LogP contribution < -0.4 is 11.3 Å². The van der Waals surface area contributed by atoms with E-state index < -0.39 is 0 Å². The predicted octanol–water partition coefficient (Wildman–Crippen LogP) is 2.25. The van der Waals surface area contributed by atoms with Crippen LogP contribution in [-0.2, 0) is 11.2 Å². The zero-order chi connectivity index (χ0) is 13.4. The summed E-state index contributed by atoms with van der Waals surface area (Å²) in [5.74, 6) is 6.38. The highest BCUT2D eigenvalue weighted by Crippen LogP contribution is 2.40. The van der Waals surface area contributed by atoms with Crippen LogP contribution in [0.4, 0.5) is 0 Å². The number of aryl methyl sites for hydroxylation is 2. The van der Waals surface area contributed by atoms with E-state index in [1.165, 1.54) is 36.0 Å². The van der Waals surface area contributed by atoms with Crippen LogP contribution >= 0.6 is 0 Å². The van der Waals surface area contributed by atoms with Gasteiger partial charge in [-0.15, -0.1) is 0 Å². The number of hydrazine groups is 1. The van der Waals surface area contributed by atoms with E-state index >= 15 is 0 Å². The molecule has 2 aliphatic heterocycles. The number of ether oxygens (including phenoxy) is 1. The molecule has 3 N–H and O–H groups in total. The van der Waals surface area contributed by atoms with Gasteiger partial charge in [0.05, 0.1) is 12.2 Å². The maximum absolute atomic E-state index is 5.96. The summed E-state index contributed by atoms with van der Waals surface area (Å²) in [5, 5.41) is 0. The Morgan fingerprint density at radius 1 is 1.26 bits per heavy atom. The number of fused-ring (bicyclic) bond motifs is 2. The van der Waals surface area contributed by atoms with Gasteiger partial charge in [0.15, 0.2) is 0 Å². The maximum atomic E-state index is 5.96. The molecule has 1 aromatic rings. The molecule has 19 heavy (non-hydrogen) atoms. The maximum Gasteiger partial charge on any atom is 0.0624 e. The highest BCUT2D eigenvalue weighted by molar-refractivity contribution is 5.29. The summed E-state index contributed by atoms with van der Waals surface area (Å²) in [6.07, 6.45) is 5.53. The van der Waals surface area contributed by atoms with Crippen LogP contribution in [0.1, 0.15) is 36.0 Å². The first-order valence-electron chi connectivity index (χ1n) is 7.34. The van der Waals surface area contributed by atoms with Gasteiger partial charge in [-0.25, -0.2) is 0 Å². The fourth-order valence-corrected chi connectivity index (χ4v) is 3.88. The number of benzene rings is 1. The molecule has 1 aromatic carbocycles. The zero-order valence-electron chi connectivity index (χ0n) is 11.9. The number of hydrogen-bond acceptors (Lipinski definition) is 3. The normalized spacial score (nSPS) is 30.8. The van der Waals surface area contributed by atoms with Crippen molar-refractivity contribution in [2.24, 2.45) is 11.8 Å². The monoisotopic (exact) mass is 260 g/mol. The van der Waals surface area contributed by atoms with Crippen LogP contribution in [0.25, 0.3) is 0 Å². The van der Waals surface area contributed by atoms with E-state index in [9.17, 15) is 0 Å². The Kier molecular flexibility index (Phi) is 3.61. The summed E-state index contributed by atoms with van der Waals surface area (Å²) in [6, 6.07) is 7.09. The lowest BCUT2D eigenvalue weighted by molar-refractivity contribution is 0.0857. The van der Waals surface area contributed by atoms with Crippen molar-refractivity contribution >= 4 is 0 Å². The van der Waals surface area contributed by atoms with Gasteiger partial charge in [-0.3, -0.25) is 11.3 Å². The average molecular weight is 260 g/mol. The van der Waals surface area contributed by atoms with Crippen molar-refractivity contribution in [3.63, 3.8) is 0 Å². The van der Waals surface area contributed by atoms with Crippen LogP contribution in [0.5, 0.6) is 0 Å². The van der Waals surface area contributed by atoms with E-state index in [4.69, 9.17) is 10.6 Å². The lowest BCUT2D eigenvalue weighted by Crippen LogP contribution is -2.45. The molecule has 104 valence electrons. The third kappa shape index (κ3) is 2.69. The summed E-state index contributed by atoms with van der Waals surface area (Å²) < 4.78 is 5.96. The first kappa shape index (κ1) is 13.1. The number of nitrogens with two attached hydrogens (primary N) is 1. The standard InChI is InChI=1S/C16H24N2O/c1-10-5-11(2)7-12(6-10)8-15(18-17)14-9-13-3-4-16(14)19-13/h5-7,13-16,18H,3-4,8-9,17H2,1-2H3. The second kappa shape index (κ2) is 5.23. The summed E-state index contributed by atoms with van der Waals surface area (Å²) in [6.45, 7) is 4.31. The molecule has 2 bridgehead atoms. The molecule has 0 aromatic heterocycles. The van der Waals surface area contributed by atoms with E-state index in [1.54, 1.807) is 0 Å². The van der Waals surface area contributed by atoms with Gasteiger partial charge in [-0.1, -0.05) is 29.3 Å². The molecule has 0 radical (unpaired) electrons. The SMILES string of the molecule is Cc1cc(C)cc(CC(NN)C2CC3CCC2O3)c1. The van der Waals surface area contributed by atoms with Crippen LogP contribution in [0.15, 0.2) is 18.2 Å². The molecule has 3 rings (SSSR count). The van der Waals surface area contributed by atoms with Crippen molar-refractivity contribution in [1.82, 2.24) is 5.43 Å². The topological polar surface area (TPSA) is 47.3 Å². The minimum atomic E-state index is 0.330. The quantitative estimate of drug-likeness (QED) is 0.645. The summed E-state index contributed by atoms with van der Waals surface area (Å²) >= 11 is 0. The Morgan fingerprint density at radius 2 is 2.00 bits per heavy atom. The van der Waals surface area contributed by atoms with E-state index in [2.05, 4.69) is 37.5 Å². The van der Waals surface area contributed by atoms with E-state index in [0.29, 0.717) is 24.2 Å². The predicted molar refractivity (Wildman–Crippen MR) is 76.7 cm³/mol. The van der Waals surface area contributed by atoms with Gasteiger partial charge in [0.25, 0.3) is 0 Å². The Balaban J connectivity index is 1.72. The molecule has 0 saturated carbocycles. The van der Waals surface area contributed by atoms with Gasteiger partial charge in [0.1, 0.15) is 0 Å². The Bertz CT molecular complexity index is 440. The molecule has 3 heteroatoms. The highest BCUT2D eigenvalue weighted by atomic mass is 16.5. The van der Waals surface area contributed by atoms with Crippen LogP contribution in [0, 0.1) is 19.8 Å². The fraction of sp³-hybridized carbons (Fsp3) is 0.625. The van der Waals surface area contributed by atoms with Gasteiger partial charge in [-0.2, -0.15) is 0 Å². The van der Waals surface area contributed by atoms with Crippen molar-refractivity contribution in [2.75, 3.05) is 0 Å². The molecule has 4 unspecified atom stereocenters. The van der Waals surface area contributed by atoms with Crippen LogP contribution in [0.2, 0.25) is 0 Å². The van der Waals surface area contributed by atoms with E-state index in [0.717, 1.165) is 6.42 Å². The largest absolute Gasteiger partial charge is 0.375 e. The molecule has 0 spiro atoms. The molecule has 2 heterocycles. The molecule has 2 saturated heterocycles. The van der Waals surface area contributed by atoms with Gasteiger partial charge < -0.3 is 4.74 Å². The van der Waals surface area contributed by atoms with E-state index in [-0.39, 0.29) is 0 Å². The van der Waals surface area contributed by atoms with Crippen LogP contribution in [-0.4, -0.2) is 18.2 Å². The summed E-state index contributed by atoms with van der Waals surface area (Å²) in [4.78, 5) is 0. The van der Waals surface area contributed by atoms with Crippen molar-refractivity contribution < 1.29 is 4.74 Å². The number of nitrogens with one attached hydrogen (secondary N) is 1. The lowest BCUT2D eigenvalue weighted by Gasteiger charge is -2.28. The van der Waals surface area contributed by atoms with Crippen LogP contribution in [0.3, 0.4) is 0 Å². The lowest BCUT2D eigenvalue weighted by atomic mass is 9.81. The van der Waals surface area contributed by atoms with Gasteiger partial charge in [-0.05, 0) is 45.1 Å². The Hall–Kier alpha value is -0.900. The second-order valence-corrected chi connectivity index (χ2v) is 6.25. The van der Waals surface area contributed by atoms with E-state index in [1.807, 2.05) is 0 Å². The smallest absolute Gasteiger partial charge is 0.0624 e. The second-order valence-electron chi connectivity index (χ2n) is 6.25. The third-order valence-electron chi connectivity index (χ3n) is 4.62. The summed E-state index contributed by atoms with van der Waals surface area (Å²) in [7, 11) is 0. The Morgan fingerprint density at radius 3 is 2.53 bits per heavy atom. The molecular weight excluding hydrogens is 236 g/mol. The molecule has 0 amide bonds. The van der Waals surface area contributed by atoms with Crippen molar-refractivity contribution in [3.05, 3.63) is 34.9 Å². The number of hydrogen-bond donors (Lipinski definition) is 2. The minimum Gasteiger partial charge on any atom is -0.375 e. The average Bonchev–Trinajstić information content (AvgIpc) is 2.96. The van der Waals surface area contributed by atoms with Crippen molar-refractivity contribution in [2.45, 2.75) is 57.8 Å². The first-order chi connectivity index (χ1) is 9.15. The van der Waals surface area contributed by atoms with Crippen molar-refractivity contribution in [3.8, 4) is 0 Å². The first-order valence-corrected chi connectivity index (χ1v) is 7.34. The molecule has 2 aliphatic rings.